The third-order valence-corrected chi connectivity index (χ3v) is 2.96. The summed E-state index contributed by atoms with van der Waals surface area (Å²) in [5, 5.41) is 12.3. The molecule has 5 nitrogen and oxygen atoms in total. The van der Waals surface area contributed by atoms with Crippen LogP contribution in [-0.4, -0.2) is 35.6 Å². The first-order chi connectivity index (χ1) is 8.56. The normalized spacial score (nSPS) is 16.2. The first-order valence-electron chi connectivity index (χ1n) is 6.21. The number of pyridine rings is 1. The summed E-state index contributed by atoms with van der Waals surface area (Å²) in [6, 6.07) is 4.02. The number of nitrogens with zero attached hydrogens (tertiary/aromatic N) is 2. The van der Waals surface area contributed by atoms with Crippen molar-refractivity contribution in [2.24, 2.45) is 0 Å². The van der Waals surface area contributed by atoms with E-state index < -0.39 is 6.10 Å². The molecule has 1 atom stereocenters. The summed E-state index contributed by atoms with van der Waals surface area (Å²) in [6.07, 6.45) is 3.30. The summed E-state index contributed by atoms with van der Waals surface area (Å²) in [5.41, 5.74) is 1.50. The lowest BCUT2D eigenvalue weighted by atomic mass is 10.2. The van der Waals surface area contributed by atoms with E-state index in [1.165, 1.54) is 0 Å². The molecule has 0 saturated heterocycles. The quantitative estimate of drug-likeness (QED) is 0.812. The number of likely N-dealkylation sites (N-methyl/N-ethyl adjacent to an activating group) is 1. The van der Waals surface area contributed by atoms with E-state index in [4.69, 9.17) is 0 Å². The largest absolute Gasteiger partial charge is 0.387 e. The van der Waals surface area contributed by atoms with Gasteiger partial charge in [-0.15, -0.1) is 0 Å². The van der Waals surface area contributed by atoms with Gasteiger partial charge < -0.3 is 15.3 Å². The molecule has 18 heavy (non-hydrogen) atoms. The summed E-state index contributed by atoms with van der Waals surface area (Å²) in [6.45, 7) is 2.00. The Balaban J connectivity index is 1.90. The van der Waals surface area contributed by atoms with Gasteiger partial charge in [-0.05, 0) is 31.9 Å². The fourth-order valence-electron chi connectivity index (χ4n) is 1.68. The number of anilines is 1. The van der Waals surface area contributed by atoms with Gasteiger partial charge in [-0.3, -0.25) is 9.78 Å². The van der Waals surface area contributed by atoms with E-state index in [2.05, 4.69) is 10.3 Å². The first kappa shape index (κ1) is 12.8. The van der Waals surface area contributed by atoms with E-state index in [1.54, 1.807) is 19.2 Å². The Morgan fingerprint density at radius 1 is 1.61 bits per heavy atom. The van der Waals surface area contributed by atoms with Crippen molar-refractivity contribution in [1.82, 2.24) is 10.3 Å². The van der Waals surface area contributed by atoms with Crippen molar-refractivity contribution < 1.29 is 9.90 Å². The summed E-state index contributed by atoms with van der Waals surface area (Å²) in [7, 11) is 1.85. The Morgan fingerprint density at radius 2 is 2.33 bits per heavy atom. The molecule has 98 valence electrons. The van der Waals surface area contributed by atoms with Crippen molar-refractivity contribution in [3.05, 3.63) is 24.0 Å². The molecule has 1 aliphatic rings. The second-order valence-corrected chi connectivity index (χ2v) is 4.82. The molecule has 2 N–H and O–H groups in total. The van der Waals surface area contributed by atoms with Crippen LogP contribution in [0.1, 0.15) is 31.6 Å². The molecular formula is C13H19N3O2. The highest BCUT2D eigenvalue weighted by atomic mass is 16.3. The number of amides is 1. The summed E-state index contributed by atoms with van der Waals surface area (Å²) in [4.78, 5) is 17.6. The van der Waals surface area contributed by atoms with Crippen LogP contribution in [0, 0.1) is 0 Å². The van der Waals surface area contributed by atoms with Gasteiger partial charge in [0.1, 0.15) is 0 Å². The van der Waals surface area contributed by atoms with Gasteiger partial charge in [-0.2, -0.15) is 0 Å². The molecule has 0 unspecified atom stereocenters. The van der Waals surface area contributed by atoms with Gasteiger partial charge in [0.05, 0.1) is 30.2 Å². The zero-order chi connectivity index (χ0) is 13.1. The summed E-state index contributed by atoms with van der Waals surface area (Å²) >= 11 is 0. The average molecular weight is 249 g/mol. The number of hydrogen-bond donors (Lipinski definition) is 2. The van der Waals surface area contributed by atoms with E-state index in [1.807, 2.05) is 18.0 Å². The topological polar surface area (TPSA) is 65.5 Å². The standard InChI is InChI=1S/C13H19N3O2/c1-9(17)12-6-5-11(7-14-12)16(2)8-13(18)15-10-3-4-10/h5-7,9-10,17H,3-4,8H2,1-2H3,(H,15,18)/t9-/m1/s1. The maximum absolute atomic E-state index is 11.6. The molecule has 0 aliphatic heterocycles. The Kier molecular flexibility index (Phi) is 3.81. The molecule has 1 saturated carbocycles. The van der Waals surface area contributed by atoms with Crippen LogP contribution in [0.5, 0.6) is 0 Å². The van der Waals surface area contributed by atoms with E-state index in [-0.39, 0.29) is 5.91 Å². The molecule has 1 heterocycles. The highest BCUT2D eigenvalue weighted by Gasteiger charge is 2.23. The van der Waals surface area contributed by atoms with Crippen LogP contribution in [0.2, 0.25) is 0 Å². The number of nitrogens with one attached hydrogen (secondary N) is 1. The molecule has 0 radical (unpaired) electrons. The van der Waals surface area contributed by atoms with Gasteiger partial charge >= 0.3 is 0 Å². The van der Waals surface area contributed by atoms with Crippen molar-refractivity contribution in [3.63, 3.8) is 0 Å². The molecule has 0 spiro atoms. The van der Waals surface area contributed by atoms with Crippen LogP contribution in [0.25, 0.3) is 0 Å². The van der Waals surface area contributed by atoms with Crippen LogP contribution in [0.15, 0.2) is 18.3 Å². The van der Waals surface area contributed by atoms with Gasteiger partial charge in [0.25, 0.3) is 0 Å². The predicted molar refractivity (Wildman–Crippen MR) is 69.3 cm³/mol. The molecule has 1 aromatic rings. The van der Waals surface area contributed by atoms with Crippen LogP contribution in [0.3, 0.4) is 0 Å². The van der Waals surface area contributed by atoms with Gasteiger partial charge in [0.15, 0.2) is 0 Å². The molecule has 1 amide bonds. The number of aliphatic hydroxyl groups excluding tert-OH is 1. The number of hydrogen-bond acceptors (Lipinski definition) is 4. The second-order valence-electron chi connectivity index (χ2n) is 4.82. The predicted octanol–water partition coefficient (Wildman–Crippen LogP) is 0.850. The Labute approximate surface area is 107 Å². The zero-order valence-corrected chi connectivity index (χ0v) is 10.8. The van der Waals surface area contributed by atoms with E-state index in [9.17, 15) is 9.90 Å². The van der Waals surface area contributed by atoms with Crippen molar-refractivity contribution in [1.29, 1.82) is 0 Å². The lowest BCUT2D eigenvalue weighted by Crippen LogP contribution is -2.36. The van der Waals surface area contributed by atoms with Crippen molar-refractivity contribution in [2.45, 2.75) is 31.9 Å². The third kappa shape index (κ3) is 3.43. The lowest BCUT2D eigenvalue weighted by molar-refractivity contribution is -0.119. The highest BCUT2D eigenvalue weighted by molar-refractivity contribution is 5.81. The number of aliphatic hydroxyl groups is 1. The van der Waals surface area contributed by atoms with E-state index in [0.717, 1.165) is 18.5 Å². The van der Waals surface area contributed by atoms with Crippen molar-refractivity contribution >= 4 is 11.6 Å². The minimum atomic E-state index is -0.567. The zero-order valence-electron chi connectivity index (χ0n) is 10.8. The second kappa shape index (κ2) is 5.35. The van der Waals surface area contributed by atoms with Crippen LogP contribution in [0.4, 0.5) is 5.69 Å². The molecule has 2 rings (SSSR count). The SMILES string of the molecule is C[C@@H](O)c1ccc(N(C)CC(=O)NC2CC2)cn1. The Morgan fingerprint density at radius 3 is 2.83 bits per heavy atom. The van der Waals surface area contributed by atoms with Crippen molar-refractivity contribution in [2.75, 3.05) is 18.5 Å². The maximum atomic E-state index is 11.6. The van der Waals surface area contributed by atoms with Gasteiger partial charge in [-0.25, -0.2) is 0 Å². The summed E-state index contributed by atoms with van der Waals surface area (Å²) < 4.78 is 0. The lowest BCUT2D eigenvalue weighted by Gasteiger charge is -2.18. The molecular weight excluding hydrogens is 230 g/mol. The average Bonchev–Trinajstić information content (AvgIpc) is 3.12. The Bertz CT molecular complexity index is 413. The smallest absolute Gasteiger partial charge is 0.239 e. The van der Waals surface area contributed by atoms with Gasteiger partial charge in [0, 0.05) is 13.1 Å². The molecule has 1 aromatic heterocycles. The summed E-state index contributed by atoms with van der Waals surface area (Å²) in [5.74, 6) is 0.0413. The number of aromatic nitrogens is 1. The monoisotopic (exact) mass is 249 g/mol. The Hall–Kier alpha value is -1.62. The third-order valence-electron chi connectivity index (χ3n) is 2.96. The fourth-order valence-corrected chi connectivity index (χ4v) is 1.68. The minimum Gasteiger partial charge on any atom is -0.387 e. The fraction of sp³-hybridized carbons (Fsp3) is 0.538. The maximum Gasteiger partial charge on any atom is 0.239 e. The molecule has 5 heteroatoms. The van der Waals surface area contributed by atoms with Crippen molar-refractivity contribution in [3.8, 4) is 0 Å². The first-order valence-corrected chi connectivity index (χ1v) is 6.21. The van der Waals surface area contributed by atoms with Gasteiger partial charge in [-0.1, -0.05) is 0 Å². The molecule has 0 bridgehead atoms. The van der Waals surface area contributed by atoms with E-state index >= 15 is 0 Å². The number of carbonyl (C=O) groups is 1. The number of rotatable bonds is 5. The minimum absolute atomic E-state index is 0.0413. The molecule has 1 aliphatic carbocycles. The molecule has 1 fully saturated rings. The van der Waals surface area contributed by atoms with Crippen LogP contribution < -0.4 is 10.2 Å². The van der Waals surface area contributed by atoms with Crippen LogP contribution >= 0.6 is 0 Å². The van der Waals surface area contributed by atoms with Crippen LogP contribution in [-0.2, 0) is 4.79 Å². The highest BCUT2D eigenvalue weighted by Crippen LogP contribution is 2.19. The number of carbonyl (C=O) groups excluding carboxylic acids is 1. The van der Waals surface area contributed by atoms with E-state index in [0.29, 0.717) is 18.3 Å². The molecule has 0 aromatic carbocycles. The van der Waals surface area contributed by atoms with Gasteiger partial charge in [0.2, 0.25) is 5.91 Å².